The average molecular weight is 429 g/mol. The number of piperazine rings is 1. The van der Waals surface area contributed by atoms with Gasteiger partial charge in [0.25, 0.3) is 0 Å². The molecule has 0 unspecified atom stereocenters. The highest BCUT2D eigenvalue weighted by atomic mass is 35.5. The first-order valence-electron chi connectivity index (χ1n) is 10.2. The molecule has 1 fully saturated rings. The van der Waals surface area contributed by atoms with Gasteiger partial charge in [0.05, 0.1) is 6.04 Å². The van der Waals surface area contributed by atoms with Gasteiger partial charge in [0.2, 0.25) is 17.7 Å². The van der Waals surface area contributed by atoms with Crippen molar-refractivity contribution in [2.75, 3.05) is 32.7 Å². The summed E-state index contributed by atoms with van der Waals surface area (Å²) in [5.41, 5.74) is 1.94. The molecule has 1 saturated heterocycles. The van der Waals surface area contributed by atoms with E-state index in [4.69, 9.17) is 11.6 Å². The van der Waals surface area contributed by atoms with Gasteiger partial charge in [0, 0.05) is 63.1 Å². The Bertz CT molecular complexity index is 965. The normalized spacial score (nSPS) is 18.9. The van der Waals surface area contributed by atoms with Crippen LogP contribution in [0.15, 0.2) is 42.6 Å². The molecule has 30 heavy (non-hydrogen) atoms. The Balaban J connectivity index is 1.50. The zero-order valence-electron chi connectivity index (χ0n) is 17.0. The second-order valence-corrected chi connectivity index (χ2v) is 8.17. The molecule has 0 aliphatic carbocycles. The minimum absolute atomic E-state index is 0.0128. The van der Waals surface area contributed by atoms with Crippen LogP contribution in [0, 0.1) is 0 Å². The summed E-state index contributed by atoms with van der Waals surface area (Å²) >= 11 is 6.21. The van der Waals surface area contributed by atoms with E-state index in [1.54, 1.807) is 14.7 Å². The SMILES string of the molecule is CC(=O)N1CCN(C(=O)CC(=O)N2CCn3cccc3[C@H]2c2cccc(Cl)c2)CC1. The number of nitrogens with zero attached hydrogens (tertiary/aromatic N) is 4. The molecule has 0 spiro atoms. The molecule has 8 heteroatoms. The maximum absolute atomic E-state index is 13.2. The van der Waals surface area contributed by atoms with Crippen molar-refractivity contribution in [1.29, 1.82) is 0 Å². The van der Waals surface area contributed by atoms with E-state index in [1.807, 2.05) is 42.6 Å². The van der Waals surface area contributed by atoms with Gasteiger partial charge in [-0.05, 0) is 29.8 Å². The van der Waals surface area contributed by atoms with Crippen LogP contribution in [0.4, 0.5) is 0 Å². The van der Waals surface area contributed by atoms with Crippen molar-refractivity contribution in [2.45, 2.75) is 25.9 Å². The monoisotopic (exact) mass is 428 g/mol. The highest BCUT2D eigenvalue weighted by Gasteiger charge is 2.34. The van der Waals surface area contributed by atoms with E-state index in [-0.39, 0.29) is 30.2 Å². The van der Waals surface area contributed by atoms with Crippen molar-refractivity contribution < 1.29 is 14.4 Å². The molecule has 1 aromatic carbocycles. The van der Waals surface area contributed by atoms with Gasteiger partial charge in [0.15, 0.2) is 0 Å². The minimum atomic E-state index is -0.276. The van der Waals surface area contributed by atoms with Crippen LogP contribution < -0.4 is 0 Å². The van der Waals surface area contributed by atoms with Crippen molar-refractivity contribution >= 4 is 29.3 Å². The largest absolute Gasteiger partial charge is 0.348 e. The maximum Gasteiger partial charge on any atom is 0.232 e. The molecular weight excluding hydrogens is 404 g/mol. The lowest BCUT2D eigenvalue weighted by Gasteiger charge is -2.38. The van der Waals surface area contributed by atoms with Gasteiger partial charge < -0.3 is 19.3 Å². The van der Waals surface area contributed by atoms with E-state index in [2.05, 4.69) is 4.57 Å². The lowest BCUT2D eigenvalue weighted by molar-refractivity contribution is -0.145. The van der Waals surface area contributed by atoms with Gasteiger partial charge in [-0.25, -0.2) is 0 Å². The van der Waals surface area contributed by atoms with Crippen LogP contribution in [0.5, 0.6) is 0 Å². The van der Waals surface area contributed by atoms with E-state index in [0.29, 0.717) is 44.3 Å². The molecule has 4 rings (SSSR count). The topological polar surface area (TPSA) is 65.9 Å². The Morgan fingerprint density at radius 2 is 1.67 bits per heavy atom. The summed E-state index contributed by atoms with van der Waals surface area (Å²) in [6.45, 7) is 4.71. The molecule has 1 atom stereocenters. The average Bonchev–Trinajstić information content (AvgIpc) is 3.21. The summed E-state index contributed by atoms with van der Waals surface area (Å²) in [6, 6.07) is 11.2. The van der Waals surface area contributed by atoms with Crippen LogP contribution in [-0.4, -0.2) is 69.7 Å². The van der Waals surface area contributed by atoms with Gasteiger partial charge >= 0.3 is 0 Å². The van der Waals surface area contributed by atoms with Crippen molar-refractivity contribution in [2.24, 2.45) is 0 Å². The summed E-state index contributed by atoms with van der Waals surface area (Å²) < 4.78 is 2.14. The second-order valence-electron chi connectivity index (χ2n) is 7.73. The molecule has 0 N–H and O–H groups in total. The van der Waals surface area contributed by atoms with Gasteiger partial charge in [-0.15, -0.1) is 0 Å². The highest BCUT2D eigenvalue weighted by molar-refractivity contribution is 6.30. The summed E-state index contributed by atoms with van der Waals surface area (Å²) in [6.07, 6.45) is 1.84. The first-order valence-corrected chi connectivity index (χ1v) is 10.5. The minimum Gasteiger partial charge on any atom is -0.348 e. The molecule has 0 bridgehead atoms. The van der Waals surface area contributed by atoms with Crippen LogP contribution in [-0.2, 0) is 20.9 Å². The highest BCUT2D eigenvalue weighted by Crippen LogP contribution is 2.34. The number of benzene rings is 1. The van der Waals surface area contributed by atoms with E-state index >= 15 is 0 Å². The Kier molecular flexibility index (Phi) is 5.81. The van der Waals surface area contributed by atoms with E-state index < -0.39 is 0 Å². The quantitative estimate of drug-likeness (QED) is 0.703. The fraction of sp³-hybridized carbons (Fsp3) is 0.409. The molecule has 2 aliphatic rings. The third kappa shape index (κ3) is 4.07. The fourth-order valence-corrected chi connectivity index (χ4v) is 4.49. The van der Waals surface area contributed by atoms with E-state index in [0.717, 1.165) is 11.3 Å². The first kappa shape index (κ1) is 20.5. The predicted molar refractivity (Wildman–Crippen MR) is 113 cm³/mol. The van der Waals surface area contributed by atoms with Gasteiger partial charge in [-0.3, -0.25) is 14.4 Å². The molecule has 0 radical (unpaired) electrons. The lowest BCUT2D eigenvalue weighted by atomic mass is 9.99. The van der Waals surface area contributed by atoms with Crippen molar-refractivity contribution in [1.82, 2.24) is 19.3 Å². The number of hydrogen-bond acceptors (Lipinski definition) is 3. The molecule has 2 aliphatic heterocycles. The predicted octanol–water partition coefficient (Wildman–Crippen LogP) is 2.15. The van der Waals surface area contributed by atoms with Crippen molar-refractivity contribution in [3.05, 3.63) is 58.9 Å². The van der Waals surface area contributed by atoms with E-state index in [1.165, 1.54) is 6.92 Å². The lowest BCUT2D eigenvalue weighted by Crippen LogP contribution is -2.51. The molecule has 0 saturated carbocycles. The van der Waals surface area contributed by atoms with E-state index in [9.17, 15) is 14.4 Å². The van der Waals surface area contributed by atoms with Crippen LogP contribution in [0.1, 0.15) is 30.6 Å². The zero-order valence-corrected chi connectivity index (χ0v) is 17.7. The fourth-order valence-electron chi connectivity index (χ4n) is 4.29. The molecular formula is C22H25ClN4O3. The zero-order chi connectivity index (χ0) is 21.3. The maximum atomic E-state index is 13.2. The molecule has 158 valence electrons. The molecule has 7 nitrogen and oxygen atoms in total. The standard InChI is InChI=1S/C22H25ClN4O3/c1-16(28)24-8-10-26(11-9-24)20(29)15-21(30)27-13-12-25-7-3-6-19(25)22(27)17-4-2-5-18(23)14-17/h2-7,14,22H,8-13,15H2,1H3/t22-/m1/s1. The van der Waals surface area contributed by atoms with Crippen molar-refractivity contribution in [3.8, 4) is 0 Å². The Morgan fingerprint density at radius 3 is 2.37 bits per heavy atom. The number of hydrogen-bond donors (Lipinski definition) is 0. The smallest absolute Gasteiger partial charge is 0.232 e. The van der Waals surface area contributed by atoms with Gasteiger partial charge in [-0.2, -0.15) is 0 Å². The number of halogens is 1. The number of rotatable bonds is 3. The summed E-state index contributed by atoms with van der Waals surface area (Å²) in [4.78, 5) is 42.6. The number of fused-ring (bicyclic) bond motifs is 1. The third-order valence-electron chi connectivity index (χ3n) is 5.90. The second kappa shape index (κ2) is 8.52. The molecule has 2 aromatic rings. The van der Waals surface area contributed by atoms with Crippen molar-refractivity contribution in [3.63, 3.8) is 0 Å². The number of aromatic nitrogens is 1. The third-order valence-corrected chi connectivity index (χ3v) is 6.14. The van der Waals surface area contributed by atoms with Gasteiger partial charge in [0.1, 0.15) is 6.42 Å². The molecule has 3 heterocycles. The summed E-state index contributed by atoms with van der Waals surface area (Å²) in [5, 5.41) is 0.614. The Hall–Kier alpha value is -2.80. The van der Waals surface area contributed by atoms with Crippen LogP contribution in [0.2, 0.25) is 5.02 Å². The van der Waals surface area contributed by atoms with Crippen LogP contribution in [0.3, 0.4) is 0 Å². The molecule has 1 aromatic heterocycles. The summed E-state index contributed by atoms with van der Waals surface area (Å²) in [5.74, 6) is -0.362. The number of amides is 3. The van der Waals surface area contributed by atoms with Crippen LogP contribution in [0.25, 0.3) is 0 Å². The Morgan fingerprint density at radius 1 is 0.933 bits per heavy atom. The van der Waals surface area contributed by atoms with Crippen LogP contribution >= 0.6 is 11.6 Å². The van der Waals surface area contributed by atoms with Gasteiger partial charge in [-0.1, -0.05) is 23.7 Å². The number of carbonyl (C=O) groups excluding carboxylic acids is 3. The summed E-state index contributed by atoms with van der Waals surface area (Å²) in [7, 11) is 0. The Labute approximate surface area is 180 Å². The molecule has 3 amide bonds. The first-order chi connectivity index (χ1) is 14.4. The number of carbonyl (C=O) groups is 3.